The Kier molecular flexibility index (Phi) is 6.30. The average Bonchev–Trinajstić information content (AvgIpc) is 2.46. The number of benzene rings is 1. The van der Waals surface area contributed by atoms with Gasteiger partial charge in [0.1, 0.15) is 0 Å². The van der Waals surface area contributed by atoms with Crippen LogP contribution in [-0.4, -0.2) is 32.9 Å². The number of carbonyl (C=O) groups is 1. The maximum absolute atomic E-state index is 11.0. The number of hydrogen-bond donors (Lipinski definition) is 5. The molecule has 0 amide bonds. The van der Waals surface area contributed by atoms with Crippen LogP contribution in [0.3, 0.4) is 0 Å². The number of phenolic OH excluding ortho intramolecular Hbond substituents is 3. The standard InChI is InChI=1S/C15H23NO5/c1-2-9(7-11(8-16)15(20)21)3-4-10-5-6-12(17)14(19)13(10)18/h5-6,9,11,17-19H,2-4,7-8,16H2,1H3,(H,20,21). The summed E-state index contributed by atoms with van der Waals surface area (Å²) in [4.78, 5) is 11.0. The Hall–Kier alpha value is -1.95. The monoisotopic (exact) mass is 297 g/mol. The molecule has 6 N–H and O–H groups in total. The lowest BCUT2D eigenvalue weighted by Crippen LogP contribution is -2.26. The second-order valence-electron chi connectivity index (χ2n) is 5.26. The van der Waals surface area contributed by atoms with Gasteiger partial charge in [-0.1, -0.05) is 19.4 Å². The highest BCUT2D eigenvalue weighted by atomic mass is 16.4. The summed E-state index contributed by atoms with van der Waals surface area (Å²) in [6.45, 7) is 2.09. The molecule has 6 nitrogen and oxygen atoms in total. The second kappa shape index (κ2) is 7.73. The molecular formula is C15H23NO5. The molecule has 0 saturated carbocycles. The Morgan fingerprint density at radius 1 is 1.24 bits per heavy atom. The van der Waals surface area contributed by atoms with Crippen LogP contribution >= 0.6 is 0 Å². The van der Waals surface area contributed by atoms with Gasteiger partial charge in [0.25, 0.3) is 0 Å². The Balaban J connectivity index is 2.67. The summed E-state index contributed by atoms with van der Waals surface area (Å²) in [7, 11) is 0. The smallest absolute Gasteiger partial charge is 0.307 e. The molecular weight excluding hydrogens is 274 g/mol. The number of aryl methyl sites for hydroxylation is 1. The fourth-order valence-electron chi connectivity index (χ4n) is 2.36. The largest absolute Gasteiger partial charge is 0.504 e. The molecule has 21 heavy (non-hydrogen) atoms. The fraction of sp³-hybridized carbons (Fsp3) is 0.533. The summed E-state index contributed by atoms with van der Waals surface area (Å²) in [5.74, 6) is -2.48. The van der Waals surface area contributed by atoms with Crippen LogP contribution in [-0.2, 0) is 11.2 Å². The predicted octanol–water partition coefficient (Wildman–Crippen LogP) is 1.81. The molecule has 0 aliphatic carbocycles. The number of carboxylic acid groups (broad SMARTS) is 1. The number of rotatable bonds is 8. The van der Waals surface area contributed by atoms with E-state index in [-0.39, 0.29) is 24.0 Å². The summed E-state index contributed by atoms with van der Waals surface area (Å²) in [5, 5.41) is 37.5. The molecule has 0 heterocycles. The fourth-order valence-corrected chi connectivity index (χ4v) is 2.36. The maximum atomic E-state index is 11.0. The van der Waals surface area contributed by atoms with Crippen LogP contribution in [0, 0.1) is 11.8 Å². The SMILES string of the molecule is CCC(CCc1ccc(O)c(O)c1O)CC(CN)C(=O)O. The van der Waals surface area contributed by atoms with Crippen molar-refractivity contribution in [1.82, 2.24) is 0 Å². The van der Waals surface area contributed by atoms with E-state index in [1.807, 2.05) is 6.92 Å². The van der Waals surface area contributed by atoms with Crippen molar-refractivity contribution in [2.45, 2.75) is 32.6 Å². The van der Waals surface area contributed by atoms with Crippen molar-refractivity contribution in [3.05, 3.63) is 17.7 Å². The molecule has 0 fully saturated rings. The van der Waals surface area contributed by atoms with E-state index < -0.39 is 17.6 Å². The molecule has 0 aliphatic heterocycles. The van der Waals surface area contributed by atoms with Crippen molar-refractivity contribution in [1.29, 1.82) is 0 Å². The van der Waals surface area contributed by atoms with E-state index in [0.717, 1.165) is 6.42 Å². The molecule has 0 spiro atoms. The summed E-state index contributed by atoms with van der Waals surface area (Å²) in [6.07, 6.45) is 2.48. The molecule has 0 radical (unpaired) electrons. The van der Waals surface area contributed by atoms with Crippen LogP contribution in [0.1, 0.15) is 31.7 Å². The highest BCUT2D eigenvalue weighted by Gasteiger charge is 2.21. The zero-order valence-electron chi connectivity index (χ0n) is 12.1. The van der Waals surface area contributed by atoms with E-state index in [1.54, 1.807) is 6.07 Å². The summed E-state index contributed by atoms with van der Waals surface area (Å²) in [6, 6.07) is 2.87. The van der Waals surface area contributed by atoms with Crippen LogP contribution in [0.4, 0.5) is 0 Å². The topological polar surface area (TPSA) is 124 Å². The van der Waals surface area contributed by atoms with Crippen LogP contribution < -0.4 is 5.73 Å². The lowest BCUT2D eigenvalue weighted by atomic mass is 9.87. The maximum Gasteiger partial charge on any atom is 0.307 e. The van der Waals surface area contributed by atoms with Gasteiger partial charge in [-0.2, -0.15) is 0 Å². The van der Waals surface area contributed by atoms with Gasteiger partial charge in [0.15, 0.2) is 11.5 Å². The van der Waals surface area contributed by atoms with Crippen molar-refractivity contribution in [3.63, 3.8) is 0 Å². The van der Waals surface area contributed by atoms with Gasteiger partial charge >= 0.3 is 5.97 Å². The third kappa shape index (κ3) is 4.53. The highest BCUT2D eigenvalue weighted by molar-refractivity contribution is 5.70. The van der Waals surface area contributed by atoms with E-state index in [1.165, 1.54) is 6.07 Å². The first-order valence-electron chi connectivity index (χ1n) is 7.06. The first-order valence-corrected chi connectivity index (χ1v) is 7.06. The number of carboxylic acids is 1. The van der Waals surface area contributed by atoms with Crippen LogP contribution in [0.5, 0.6) is 17.2 Å². The normalized spacial score (nSPS) is 13.8. The van der Waals surface area contributed by atoms with E-state index >= 15 is 0 Å². The first kappa shape index (κ1) is 17.1. The van der Waals surface area contributed by atoms with Gasteiger partial charge in [-0.3, -0.25) is 4.79 Å². The molecule has 0 bridgehead atoms. The summed E-state index contributed by atoms with van der Waals surface area (Å²) < 4.78 is 0. The van der Waals surface area contributed by atoms with E-state index in [9.17, 15) is 20.1 Å². The minimum atomic E-state index is -0.888. The second-order valence-corrected chi connectivity index (χ2v) is 5.26. The van der Waals surface area contributed by atoms with Crippen molar-refractivity contribution in [2.24, 2.45) is 17.6 Å². The molecule has 1 aromatic carbocycles. The van der Waals surface area contributed by atoms with Gasteiger partial charge in [-0.15, -0.1) is 0 Å². The lowest BCUT2D eigenvalue weighted by Gasteiger charge is -2.19. The molecule has 0 aromatic heterocycles. The number of phenols is 3. The molecule has 118 valence electrons. The third-order valence-corrected chi connectivity index (χ3v) is 3.86. The van der Waals surface area contributed by atoms with Crippen LogP contribution in [0.2, 0.25) is 0 Å². The molecule has 2 unspecified atom stereocenters. The van der Waals surface area contributed by atoms with Gasteiger partial charge in [-0.05, 0) is 36.8 Å². The average molecular weight is 297 g/mol. The zero-order valence-corrected chi connectivity index (χ0v) is 12.1. The van der Waals surface area contributed by atoms with Crippen LogP contribution in [0.25, 0.3) is 0 Å². The van der Waals surface area contributed by atoms with Gasteiger partial charge in [-0.25, -0.2) is 0 Å². The Bertz CT molecular complexity index is 489. The Morgan fingerprint density at radius 3 is 2.43 bits per heavy atom. The van der Waals surface area contributed by atoms with E-state index in [4.69, 9.17) is 10.8 Å². The number of nitrogens with two attached hydrogens (primary N) is 1. The van der Waals surface area contributed by atoms with Crippen molar-refractivity contribution in [2.75, 3.05) is 6.54 Å². The van der Waals surface area contributed by atoms with Gasteiger partial charge < -0.3 is 26.2 Å². The lowest BCUT2D eigenvalue weighted by molar-refractivity contribution is -0.142. The molecule has 2 atom stereocenters. The first-order chi connectivity index (χ1) is 9.90. The Labute approximate surface area is 123 Å². The molecule has 6 heteroatoms. The van der Waals surface area contributed by atoms with Crippen molar-refractivity contribution in [3.8, 4) is 17.2 Å². The quantitative estimate of drug-likeness (QED) is 0.466. The van der Waals surface area contributed by atoms with Gasteiger partial charge in [0.05, 0.1) is 5.92 Å². The van der Waals surface area contributed by atoms with Crippen LogP contribution in [0.15, 0.2) is 12.1 Å². The third-order valence-electron chi connectivity index (χ3n) is 3.86. The molecule has 1 rings (SSSR count). The molecule has 0 aliphatic rings. The minimum absolute atomic E-state index is 0.108. The predicted molar refractivity (Wildman–Crippen MR) is 78.3 cm³/mol. The molecule has 1 aromatic rings. The Morgan fingerprint density at radius 2 is 1.90 bits per heavy atom. The van der Waals surface area contributed by atoms with Crippen molar-refractivity contribution >= 4 is 5.97 Å². The summed E-state index contributed by atoms with van der Waals surface area (Å²) >= 11 is 0. The van der Waals surface area contributed by atoms with Gasteiger partial charge in [0.2, 0.25) is 5.75 Å². The molecule has 0 saturated heterocycles. The number of aromatic hydroxyl groups is 3. The van der Waals surface area contributed by atoms with Crippen molar-refractivity contribution < 1.29 is 25.2 Å². The summed E-state index contributed by atoms with van der Waals surface area (Å²) in [5.41, 5.74) is 5.99. The van der Waals surface area contributed by atoms with Gasteiger partial charge in [0, 0.05) is 6.54 Å². The number of hydrogen-bond acceptors (Lipinski definition) is 5. The number of aliphatic carboxylic acids is 1. The minimum Gasteiger partial charge on any atom is -0.504 e. The van der Waals surface area contributed by atoms with E-state index in [2.05, 4.69) is 0 Å². The zero-order chi connectivity index (χ0) is 16.0. The van der Waals surface area contributed by atoms with E-state index in [0.29, 0.717) is 24.8 Å². The highest BCUT2D eigenvalue weighted by Crippen LogP contribution is 2.38.